The number of benzene rings is 1. The van der Waals surface area contributed by atoms with Crippen molar-refractivity contribution in [3.63, 3.8) is 0 Å². The topological polar surface area (TPSA) is 92.4 Å². The van der Waals surface area contributed by atoms with Crippen LogP contribution in [0.4, 0.5) is 5.69 Å². The van der Waals surface area contributed by atoms with Gasteiger partial charge in [0.05, 0.1) is 11.5 Å². The second-order valence-electron chi connectivity index (χ2n) is 4.72. The Labute approximate surface area is 119 Å². The van der Waals surface area contributed by atoms with Gasteiger partial charge in [-0.2, -0.15) is 0 Å². The fraction of sp³-hybridized carbons (Fsp3) is 0.385. The highest BCUT2D eigenvalue weighted by Crippen LogP contribution is 2.31. The molecule has 1 saturated carbocycles. The van der Waals surface area contributed by atoms with E-state index in [1.54, 1.807) is 12.1 Å². The molecule has 5 nitrogen and oxygen atoms in total. The van der Waals surface area contributed by atoms with Crippen LogP contribution in [0.5, 0.6) is 0 Å². The SMILES string of the molecule is NC(=O)c1c(Br)cccc1NC1CCC(C(=O)O)C1. The van der Waals surface area contributed by atoms with Crippen LogP contribution in [0.2, 0.25) is 0 Å². The zero-order valence-corrected chi connectivity index (χ0v) is 11.8. The molecule has 0 radical (unpaired) electrons. The molecule has 1 fully saturated rings. The molecule has 1 aliphatic rings. The highest BCUT2D eigenvalue weighted by molar-refractivity contribution is 9.10. The number of halogens is 1. The van der Waals surface area contributed by atoms with Crippen LogP contribution in [0.25, 0.3) is 0 Å². The van der Waals surface area contributed by atoms with Gasteiger partial charge in [-0.3, -0.25) is 9.59 Å². The Bertz CT molecular complexity index is 519. The maximum Gasteiger partial charge on any atom is 0.306 e. The minimum atomic E-state index is -0.756. The van der Waals surface area contributed by atoms with E-state index in [9.17, 15) is 9.59 Å². The second-order valence-corrected chi connectivity index (χ2v) is 5.57. The van der Waals surface area contributed by atoms with Gasteiger partial charge < -0.3 is 16.2 Å². The maximum atomic E-state index is 11.4. The lowest BCUT2D eigenvalue weighted by atomic mass is 10.1. The quantitative estimate of drug-likeness (QED) is 0.790. The minimum absolute atomic E-state index is 0.0634. The third-order valence-corrected chi connectivity index (χ3v) is 4.06. The normalized spacial score (nSPS) is 22.2. The summed E-state index contributed by atoms with van der Waals surface area (Å²) in [4.78, 5) is 22.4. The summed E-state index contributed by atoms with van der Waals surface area (Å²) in [5.74, 6) is -1.57. The monoisotopic (exact) mass is 326 g/mol. The van der Waals surface area contributed by atoms with E-state index in [0.29, 0.717) is 28.6 Å². The highest BCUT2D eigenvalue weighted by Gasteiger charge is 2.30. The summed E-state index contributed by atoms with van der Waals surface area (Å²) < 4.78 is 0.637. The average molecular weight is 327 g/mol. The zero-order valence-electron chi connectivity index (χ0n) is 10.2. The summed E-state index contributed by atoms with van der Waals surface area (Å²) in [6.07, 6.45) is 2.01. The van der Waals surface area contributed by atoms with Gasteiger partial charge in [-0.15, -0.1) is 0 Å². The molecule has 1 aromatic rings. The molecule has 0 aromatic heterocycles. The third kappa shape index (κ3) is 3.07. The number of hydrogen-bond donors (Lipinski definition) is 3. The molecule has 2 unspecified atom stereocenters. The predicted octanol–water partition coefficient (Wildman–Crippen LogP) is 2.21. The van der Waals surface area contributed by atoms with Crippen molar-refractivity contribution in [1.82, 2.24) is 0 Å². The number of carbonyl (C=O) groups is 2. The molecule has 0 saturated heterocycles. The lowest BCUT2D eigenvalue weighted by Crippen LogP contribution is -2.21. The van der Waals surface area contributed by atoms with E-state index in [1.807, 2.05) is 6.07 Å². The number of hydrogen-bond acceptors (Lipinski definition) is 3. The van der Waals surface area contributed by atoms with E-state index in [2.05, 4.69) is 21.2 Å². The van der Waals surface area contributed by atoms with Crippen LogP contribution in [0, 0.1) is 5.92 Å². The van der Waals surface area contributed by atoms with Gasteiger partial charge in [0, 0.05) is 16.2 Å². The van der Waals surface area contributed by atoms with E-state index < -0.39 is 11.9 Å². The van der Waals surface area contributed by atoms with Crippen LogP contribution in [0.15, 0.2) is 22.7 Å². The number of rotatable bonds is 4. The van der Waals surface area contributed by atoms with E-state index in [-0.39, 0.29) is 12.0 Å². The number of nitrogens with one attached hydrogen (secondary N) is 1. The number of carbonyl (C=O) groups excluding carboxylic acids is 1. The first-order valence-corrected chi connectivity index (χ1v) is 6.86. The molecule has 0 aliphatic heterocycles. The first-order chi connectivity index (χ1) is 8.99. The third-order valence-electron chi connectivity index (χ3n) is 3.40. The van der Waals surface area contributed by atoms with Crippen molar-refractivity contribution in [1.29, 1.82) is 0 Å². The van der Waals surface area contributed by atoms with Crippen LogP contribution in [0.1, 0.15) is 29.6 Å². The molecule has 0 spiro atoms. The van der Waals surface area contributed by atoms with Gasteiger partial charge in [0.2, 0.25) is 0 Å². The number of anilines is 1. The molecule has 4 N–H and O–H groups in total. The second kappa shape index (κ2) is 5.61. The molecule has 0 heterocycles. The molecule has 6 heteroatoms. The summed E-state index contributed by atoms with van der Waals surface area (Å²) in [5, 5.41) is 12.2. The minimum Gasteiger partial charge on any atom is -0.481 e. The van der Waals surface area contributed by atoms with Crippen LogP contribution in [-0.2, 0) is 4.79 Å². The lowest BCUT2D eigenvalue weighted by Gasteiger charge is -2.17. The molecule has 1 amide bonds. The summed E-state index contributed by atoms with van der Waals surface area (Å²) in [5.41, 5.74) is 6.42. The van der Waals surface area contributed by atoms with Gasteiger partial charge in [0.1, 0.15) is 0 Å². The van der Waals surface area contributed by atoms with Crippen molar-refractivity contribution < 1.29 is 14.7 Å². The molecule has 0 bridgehead atoms. The molecular formula is C13H15BrN2O3. The van der Waals surface area contributed by atoms with Crippen molar-refractivity contribution >= 4 is 33.5 Å². The van der Waals surface area contributed by atoms with Gasteiger partial charge in [-0.25, -0.2) is 0 Å². The summed E-state index contributed by atoms with van der Waals surface area (Å²) in [7, 11) is 0. The van der Waals surface area contributed by atoms with Gasteiger partial charge >= 0.3 is 5.97 Å². The molecule has 102 valence electrons. The first-order valence-electron chi connectivity index (χ1n) is 6.06. The van der Waals surface area contributed by atoms with Crippen molar-refractivity contribution in [2.24, 2.45) is 11.7 Å². The number of carboxylic acid groups (broad SMARTS) is 1. The molecule has 1 aliphatic carbocycles. The fourth-order valence-corrected chi connectivity index (χ4v) is 3.01. The molecule has 2 rings (SSSR count). The average Bonchev–Trinajstić information content (AvgIpc) is 2.77. The van der Waals surface area contributed by atoms with Crippen molar-refractivity contribution in [3.8, 4) is 0 Å². The number of nitrogens with two attached hydrogens (primary N) is 1. The molecule has 2 atom stereocenters. The van der Waals surface area contributed by atoms with E-state index in [0.717, 1.165) is 6.42 Å². The van der Waals surface area contributed by atoms with Crippen LogP contribution in [-0.4, -0.2) is 23.0 Å². The van der Waals surface area contributed by atoms with Crippen molar-refractivity contribution in [3.05, 3.63) is 28.2 Å². The molecule has 1 aromatic carbocycles. The van der Waals surface area contributed by atoms with Crippen LogP contribution < -0.4 is 11.1 Å². The summed E-state index contributed by atoms with van der Waals surface area (Å²) in [6, 6.07) is 5.40. The lowest BCUT2D eigenvalue weighted by molar-refractivity contribution is -0.141. The Morgan fingerprint density at radius 2 is 2.11 bits per heavy atom. The molecule has 19 heavy (non-hydrogen) atoms. The summed E-state index contributed by atoms with van der Waals surface area (Å²) in [6.45, 7) is 0. The van der Waals surface area contributed by atoms with Gasteiger partial charge in [0.15, 0.2) is 0 Å². The number of primary amides is 1. The smallest absolute Gasteiger partial charge is 0.306 e. The number of amides is 1. The summed E-state index contributed by atoms with van der Waals surface area (Å²) >= 11 is 3.30. The Kier molecular flexibility index (Phi) is 4.09. The van der Waals surface area contributed by atoms with Gasteiger partial charge in [-0.05, 0) is 47.3 Å². The number of carboxylic acids is 1. The van der Waals surface area contributed by atoms with Crippen LogP contribution >= 0.6 is 15.9 Å². The fourth-order valence-electron chi connectivity index (χ4n) is 2.45. The van der Waals surface area contributed by atoms with Gasteiger partial charge in [0.25, 0.3) is 5.91 Å². The Balaban J connectivity index is 2.14. The highest BCUT2D eigenvalue weighted by atomic mass is 79.9. The number of aliphatic carboxylic acids is 1. The van der Waals surface area contributed by atoms with E-state index in [1.165, 1.54) is 0 Å². The Hall–Kier alpha value is -1.56. The first kappa shape index (κ1) is 13.9. The van der Waals surface area contributed by atoms with E-state index >= 15 is 0 Å². The predicted molar refractivity (Wildman–Crippen MR) is 75.0 cm³/mol. The Morgan fingerprint density at radius 1 is 1.37 bits per heavy atom. The molecular weight excluding hydrogens is 312 g/mol. The standard InChI is InChI=1S/C13H15BrN2O3/c14-9-2-1-3-10(11(9)12(15)17)16-8-5-4-7(6-8)13(18)19/h1-3,7-8,16H,4-6H2,(H2,15,17)(H,18,19). The largest absolute Gasteiger partial charge is 0.481 e. The van der Waals surface area contributed by atoms with Crippen molar-refractivity contribution in [2.75, 3.05) is 5.32 Å². The maximum absolute atomic E-state index is 11.4. The van der Waals surface area contributed by atoms with Crippen LogP contribution in [0.3, 0.4) is 0 Å². The van der Waals surface area contributed by atoms with E-state index in [4.69, 9.17) is 10.8 Å². The van der Waals surface area contributed by atoms with Gasteiger partial charge in [-0.1, -0.05) is 6.07 Å². The Morgan fingerprint density at radius 3 is 2.68 bits per heavy atom. The van der Waals surface area contributed by atoms with Crippen molar-refractivity contribution in [2.45, 2.75) is 25.3 Å². The zero-order chi connectivity index (χ0) is 14.0.